The second-order valence-corrected chi connectivity index (χ2v) is 7.07. The van der Waals surface area contributed by atoms with Crippen LogP contribution >= 0.6 is 0 Å². The molecule has 1 heterocycles. The minimum atomic E-state index is -0.258. The predicted octanol–water partition coefficient (Wildman–Crippen LogP) is 2.72. The fourth-order valence-corrected chi connectivity index (χ4v) is 3.47. The molecule has 2 aromatic carbocycles. The molecular weight excluding hydrogens is 371 g/mol. The number of rotatable bonds is 4. The largest absolute Gasteiger partial charge is 0.367 e. The van der Waals surface area contributed by atoms with Crippen LogP contribution in [-0.2, 0) is 11.3 Å². The zero-order valence-corrected chi connectivity index (χ0v) is 17.0. The number of ether oxygens (including phenoxy) is 1. The Bertz CT molecular complexity index is 869. The highest BCUT2D eigenvalue weighted by Crippen LogP contribution is 2.25. The molecule has 2 N–H and O–H groups in total. The molecule has 7 heteroatoms. The van der Waals surface area contributed by atoms with Gasteiger partial charge in [-0.25, -0.2) is 4.39 Å². The third-order valence-electron chi connectivity index (χ3n) is 4.88. The second-order valence-electron chi connectivity index (χ2n) is 7.07. The molecule has 1 aliphatic rings. The fraction of sp³-hybridized carbons (Fsp3) is 0.364. The van der Waals surface area contributed by atoms with Gasteiger partial charge in [0.25, 0.3) is 5.91 Å². The monoisotopic (exact) mass is 398 g/mol. The van der Waals surface area contributed by atoms with Gasteiger partial charge in [0.15, 0.2) is 5.96 Å². The number of morpholine rings is 1. The quantitative estimate of drug-likeness (QED) is 0.614. The van der Waals surface area contributed by atoms with Crippen LogP contribution in [0.2, 0.25) is 0 Å². The predicted molar refractivity (Wildman–Crippen MR) is 111 cm³/mol. The molecule has 1 aliphatic heterocycles. The number of amides is 1. The van der Waals surface area contributed by atoms with Crippen LogP contribution in [0.3, 0.4) is 0 Å². The summed E-state index contributed by atoms with van der Waals surface area (Å²) in [6.45, 7) is 3.89. The van der Waals surface area contributed by atoms with Crippen molar-refractivity contribution in [3.05, 3.63) is 71.0 Å². The van der Waals surface area contributed by atoms with Crippen molar-refractivity contribution >= 4 is 11.9 Å². The molecule has 1 saturated heterocycles. The number of hydrogen-bond acceptors (Lipinski definition) is 3. The molecule has 2 unspecified atom stereocenters. The maximum atomic E-state index is 13.2. The summed E-state index contributed by atoms with van der Waals surface area (Å²) in [7, 11) is 3.36. The standard InChI is InChI=1S/C22H27FN4O2/c1-15-13-27(14-20(29-15)17-7-9-19(23)10-8-17)22(25-3)26-12-16-5-4-6-18(11-16)21(28)24-2/h4-11,15,20H,12-14H2,1-3H3,(H,24,28)(H,25,26). The number of benzene rings is 2. The SMILES string of the molecule is CN=C(NCc1cccc(C(=O)NC)c1)N1CC(C)OC(c2ccc(F)cc2)C1. The van der Waals surface area contributed by atoms with E-state index >= 15 is 0 Å². The molecule has 154 valence electrons. The first kappa shape index (κ1) is 20.8. The molecule has 0 aromatic heterocycles. The Kier molecular flexibility index (Phi) is 6.82. The maximum Gasteiger partial charge on any atom is 0.251 e. The van der Waals surface area contributed by atoms with Crippen LogP contribution in [0.4, 0.5) is 4.39 Å². The summed E-state index contributed by atoms with van der Waals surface area (Å²) in [5.74, 6) is 0.393. The maximum absolute atomic E-state index is 13.2. The van der Waals surface area contributed by atoms with E-state index in [1.54, 1.807) is 32.3 Å². The van der Waals surface area contributed by atoms with Crippen molar-refractivity contribution in [2.75, 3.05) is 27.2 Å². The molecule has 2 atom stereocenters. The molecule has 0 saturated carbocycles. The van der Waals surface area contributed by atoms with Crippen LogP contribution in [0, 0.1) is 5.82 Å². The van der Waals surface area contributed by atoms with E-state index in [2.05, 4.69) is 20.5 Å². The number of nitrogens with one attached hydrogen (secondary N) is 2. The third kappa shape index (κ3) is 5.32. The topological polar surface area (TPSA) is 66.0 Å². The van der Waals surface area contributed by atoms with E-state index in [0.717, 1.165) is 17.1 Å². The van der Waals surface area contributed by atoms with Gasteiger partial charge in [-0.05, 0) is 42.3 Å². The van der Waals surface area contributed by atoms with Gasteiger partial charge in [0, 0.05) is 32.7 Å². The van der Waals surface area contributed by atoms with Crippen molar-refractivity contribution in [1.29, 1.82) is 0 Å². The Morgan fingerprint density at radius 3 is 2.69 bits per heavy atom. The zero-order valence-electron chi connectivity index (χ0n) is 17.0. The molecule has 3 rings (SSSR count). The second kappa shape index (κ2) is 9.52. The molecule has 1 fully saturated rings. The summed E-state index contributed by atoms with van der Waals surface area (Å²) in [6.07, 6.45) is -0.150. The van der Waals surface area contributed by atoms with Crippen LogP contribution in [0.5, 0.6) is 0 Å². The van der Waals surface area contributed by atoms with Crippen LogP contribution in [-0.4, -0.2) is 50.1 Å². The molecule has 0 radical (unpaired) electrons. The fourth-order valence-electron chi connectivity index (χ4n) is 3.47. The normalized spacial score (nSPS) is 19.7. The Hall–Kier alpha value is -2.93. The van der Waals surface area contributed by atoms with E-state index in [0.29, 0.717) is 25.2 Å². The van der Waals surface area contributed by atoms with Gasteiger partial charge in [-0.3, -0.25) is 9.79 Å². The highest BCUT2D eigenvalue weighted by atomic mass is 19.1. The highest BCUT2D eigenvalue weighted by Gasteiger charge is 2.28. The van der Waals surface area contributed by atoms with Gasteiger partial charge < -0.3 is 20.3 Å². The van der Waals surface area contributed by atoms with Crippen LogP contribution < -0.4 is 10.6 Å². The summed E-state index contributed by atoms with van der Waals surface area (Å²) in [6, 6.07) is 13.9. The molecular formula is C22H27FN4O2. The Balaban J connectivity index is 1.67. The summed E-state index contributed by atoms with van der Waals surface area (Å²) < 4.78 is 19.3. The van der Waals surface area contributed by atoms with Gasteiger partial charge in [0.1, 0.15) is 11.9 Å². The van der Waals surface area contributed by atoms with Crippen molar-refractivity contribution < 1.29 is 13.9 Å². The minimum Gasteiger partial charge on any atom is -0.367 e. The van der Waals surface area contributed by atoms with E-state index in [4.69, 9.17) is 4.74 Å². The number of aliphatic imine (C=N–C) groups is 1. The number of hydrogen-bond donors (Lipinski definition) is 2. The van der Waals surface area contributed by atoms with Crippen molar-refractivity contribution in [2.24, 2.45) is 4.99 Å². The molecule has 6 nitrogen and oxygen atoms in total. The van der Waals surface area contributed by atoms with Gasteiger partial charge in [0.2, 0.25) is 0 Å². The van der Waals surface area contributed by atoms with Crippen LogP contribution in [0.25, 0.3) is 0 Å². The van der Waals surface area contributed by atoms with Gasteiger partial charge in [0.05, 0.1) is 12.6 Å². The van der Waals surface area contributed by atoms with E-state index in [-0.39, 0.29) is 23.9 Å². The van der Waals surface area contributed by atoms with Crippen molar-refractivity contribution in [1.82, 2.24) is 15.5 Å². The first-order valence-electron chi connectivity index (χ1n) is 9.67. The summed E-state index contributed by atoms with van der Waals surface area (Å²) >= 11 is 0. The smallest absolute Gasteiger partial charge is 0.251 e. The number of carbonyl (C=O) groups is 1. The number of halogens is 1. The van der Waals surface area contributed by atoms with Crippen molar-refractivity contribution in [2.45, 2.75) is 25.7 Å². The molecule has 0 bridgehead atoms. The van der Waals surface area contributed by atoms with E-state index in [1.165, 1.54) is 12.1 Å². The molecule has 1 amide bonds. The lowest BCUT2D eigenvalue weighted by atomic mass is 10.1. The lowest BCUT2D eigenvalue weighted by Crippen LogP contribution is -2.50. The number of carbonyl (C=O) groups excluding carboxylic acids is 1. The number of nitrogens with zero attached hydrogens (tertiary/aromatic N) is 2. The molecule has 0 aliphatic carbocycles. The van der Waals surface area contributed by atoms with E-state index < -0.39 is 0 Å². The lowest BCUT2D eigenvalue weighted by Gasteiger charge is -2.38. The molecule has 0 spiro atoms. The van der Waals surface area contributed by atoms with Crippen molar-refractivity contribution in [3.8, 4) is 0 Å². The van der Waals surface area contributed by atoms with Gasteiger partial charge >= 0.3 is 0 Å². The average Bonchev–Trinajstić information content (AvgIpc) is 2.74. The molecule has 29 heavy (non-hydrogen) atoms. The van der Waals surface area contributed by atoms with Gasteiger partial charge in [-0.15, -0.1) is 0 Å². The Labute approximate surface area is 170 Å². The summed E-state index contributed by atoms with van der Waals surface area (Å²) in [4.78, 5) is 18.4. The Morgan fingerprint density at radius 1 is 1.24 bits per heavy atom. The number of guanidine groups is 1. The minimum absolute atomic E-state index is 0.00827. The first-order chi connectivity index (χ1) is 14.0. The van der Waals surface area contributed by atoms with Gasteiger partial charge in [-0.1, -0.05) is 24.3 Å². The summed E-state index contributed by atoms with van der Waals surface area (Å²) in [5, 5.41) is 6.01. The average molecular weight is 398 g/mol. The van der Waals surface area contributed by atoms with Crippen molar-refractivity contribution in [3.63, 3.8) is 0 Å². The van der Waals surface area contributed by atoms with Crippen LogP contribution in [0.1, 0.15) is 34.5 Å². The van der Waals surface area contributed by atoms with Gasteiger partial charge in [-0.2, -0.15) is 0 Å². The zero-order chi connectivity index (χ0) is 20.8. The highest BCUT2D eigenvalue weighted by molar-refractivity contribution is 5.94. The Morgan fingerprint density at radius 2 is 2.00 bits per heavy atom. The third-order valence-corrected chi connectivity index (χ3v) is 4.88. The lowest BCUT2D eigenvalue weighted by molar-refractivity contribution is -0.0605. The first-order valence-corrected chi connectivity index (χ1v) is 9.67. The van der Waals surface area contributed by atoms with E-state index in [9.17, 15) is 9.18 Å². The summed E-state index contributed by atoms with van der Waals surface area (Å²) in [5.41, 5.74) is 2.55. The molecule has 2 aromatic rings. The van der Waals surface area contributed by atoms with Crippen LogP contribution in [0.15, 0.2) is 53.5 Å². The van der Waals surface area contributed by atoms with E-state index in [1.807, 2.05) is 25.1 Å².